The van der Waals surface area contributed by atoms with Crippen molar-refractivity contribution in [3.05, 3.63) is 64.7 Å². The van der Waals surface area contributed by atoms with Crippen LogP contribution < -0.4 is 20.9 Å². The first-order valence-corrected chi connectivity index (χ1v) is 13.4. The van der Waals surface area contributed by atoms with Crippen LogP contribution in [0.25, 0.3) is 0 Å². The summed E-state index contributed by atoms with van der Waals surface area (Å²) in [6.07, 6.45) is 0.639. The lowest BCUT2D eigenvalue weighted by Gasteiger charge is -2.38. The molecule has 11 heteroatoms. The number of amides is 3. The van der Waals surface area contributed by atoms with E-state index < -0.39 is 53.3 Å². The van der Waals surface area contributed by atoms with Crippen LogP contribution in [0.3, 0.4) is 0 Å². The van der Waals surface area contributed by atoms with Crippen LogP contribution in [0.15, 0.2) is 36.4 Å². The van der Waals surface area contributed by atoms with Gasteiger partial charge in [-0.1, -0.05) is 0 Å². The fourth-order valence-electron chi connectivity index (χ4n) is 5.41. The second-order valence-corrected chi connectivity index (χ2v) is 11.3. The van der Waals surface area contributed by atoms with Crippen LogP contribution in [0, 0.1) is 18.6 Å². The van der Waals surface area contributed by atoms with Crippen molar-refractivity contribution in [2.45, 2.75) is 89.8 Å². The maximum atomic E-state index is 14.0. The van der Waals surface area contributed by atoms with Crippen molar-refractivity contribution in [2.24, 2.45) is 0 Å². The third-order valence-corrected chi connectivity index (χ3v) is 7.45. The summed E-state index contributed by atoms with van der Waals surface area (Å²) in [6.45, 7) is 8.37. The number of aryl methyl sites for hydroxylation is 1. The molecule has 3 amide bonds. The zero-order valence-corrected chi connectivity index (χ0v) is 23.3. The number of hydrogen-bond acceptors (Lipinski definition) is 6. The number of aliphatic hydroxyl groups is 1. The lowest BCUT2D eigenvalue weighted by molar-refractivity contribution is -0.141. The number of hydrazine groups is 1. The molecule has 2 aliphatic heterocycles. The number of likely N-dealkylation sites (tertiary alicyclic amines) is 1. The average Bonchev–Trinajstić information content (AvgIpc) is 3.32. The smallest absolute Gasteiger partial charge is 0.275 e. The summed E-state index contributed by atoms with van der Waals surface area (Å²) < 4.78 is 33.9. The molecule has 216 valence electrons. The van der Waals surface area contributed by atoms with E-state index in [1.165, 1.54) is 24.0 Å². The van der Waals surface area contributed by atoms with Crippen LogP contribution in [0.5, 0.6) is 5.75 Å². The number of ether oxygens (including phenoxy) is 1. The first-order chi connectivity index (χ1) is 18.7. The number of benzene rings is 2. The molecular formula is C29H36F2N4O5. The van der Waals surface area contributed by atoms with Gasteiger partial charge in [0.2, 0.25) is 5.91 Å². The monoisotopic (exact) mass is 558 g/mol. The van der Waals surface area contributed by atoms with Crippen molar-refractivity contribution in [3.63, 3.8) is 0 Å². The normalized spacial score (nSPS) is 23.9. The minimum Gasteiger partial charge on any atom is -0.480 e. The molecule has 9 nitrogen and oxygen atoms in total. The Bertz CT molecular complexity index is 1280. The quantitative estimate of drug-likeness (QED) is 0.415. The van der Waals surface area contributed by atoms with Crippen molar-refractivity contribution < 1.29 is 33.0 Å². The number of nitrogens with zero attached hydrogens (tertiary/aromatic N) is 1. The third kappa shape index (κ3) is 6.42. The molecule has 0 spiro atoms. The fourth-order valence-corrected chi connectivity index (χ4v) is 5.41. The van der Waals surface area contributed by atoms with E-state index in [1.54, 1.807) is 39.0 Å². The molecule has 2 aromatic carbocycles. The maximum absolute atomic E-state index is 14.0. The van der Waals surface area contributed by atoms with Gasteiger partial charge >= 0.3 is 0 Å². The standard InChI is InChI=1S/C29H36F2N4O5/c1-15-10-18(6-8-23(15)40-24-11-16(2)33-34-27(24)37)26(36)32-17(3)28(38)35-22(7-9-25(35)29(4,5)39)19-12-20(30)14-21(31)13-19/h6,8,10,12-14,16-17,22,24-25,33,39H,7,9,11H2,1-5H3,(H,32,36)(H,34,37)/t16?,17-,22+,24?,25-/m1/s1. The van der Waals surface area contributed by atoms with E-state index in [2.05, 4.69) is 16.2 Å². The Morgan fingerprint density at radius 2 is 1.82 bits per heavy atom. The fraction of sp³-hybridized carbons (Fsp3) is 0.483. The van der Waals surface area contributed by atoms with E-state index in [1.807, 2.05) is 6.92 Å². The Labute approximate surface area is 232 Å². The van der Waals surface area contributed by atoms with E-state index in [-0.39, 0.29) is 17.5 Å². The summed E-state index contributed by atoms with van der Waals surface area (Å²) >= 11 is 0. The summed E-state index contributed by atoms with van der Waals surface area (Å²) in [6, 6.07) is 5.66. The average molecular weight is 559 g/mol. The summed E-state index contributed by atoms with van der Waals surface area (Å²) in [5, 5.41) is 13.5. The Morgan fingerprint density at radius 1 is 1.15 bits per heavy atom. The van der Waals surface area contributed by atoms with Gasteiger partial charge in [-0.25, -0.2) is 14.2 Å². The number of carbonyl (C=O) groups is 3. The van der Waals surface area contributed by atoms with Crippen LogP contribution in [-0.4, -0.2) is 57.6 Å². The predicted octanol–water partition coefficient (Wildman–Crippen LogP) is 3.06. The zero-order chi connectivity index (χ0) is 29.4. The molecule has 2 aromatic rings. The van der Waals surface area contributed by atoms with Gasteiger partial charge < -0.3 is 20.1 Å². The van der Waals surface area contributed by atoms with E-state index in [0.717, 1.165) is 6.07 Å². The molecule has 2 fully saturated rings. The van der Waals surface area contributed by atoms with E-state index in [4.69, 9.17) is 4.74 Å². The van der Waals surface area contributed by atoms with Gasteiger partial charge in [0.25, 0.3) is 11.8 Å². The number of halogens is 2. The van der Waals surface area contributed by atoms with Crippen molar-refractivity contribution >= 4 is 17.7 Å². The zero-order valence-electron chi connectivity index (χ0n) is 23.3. The molecule has 4 rings (SSSR count). The van der Waals surface area contributed by atoms with Gasteiger partial charge in [0.1, 0.15) is 23.4 Å². The second kappa shape index (κ2) is 11.5. The maximum Gasteiger partial charge on any atom is 0.275 e. The lowest BCUT2D eigenvalue weighted by atomic mass is 9.96. The summed E-state index contributed by atoms with van der Waals surface area (Å²) in [5.41, 5.74) is 5.36. The molecular weight excluding hydrogens is 522 g/mol. The van der Waals surface area contributed by atoms with Crippen LogP contribution in [0.1, 0.15) is 74.5 Å². The van der Waals surface area contributed by atoms with Crippen LogP contribution in [-0.2, 0) is 9.59 Å². The molecule has 5 atom stereocenters. The van der Waals surface area contributed by atoms with E-state index in [0.29, 0.717) is 36.1 Å². The van der Waals surface area contributed by atoms with Crippen LogP contribution in [0.4, 0.5) is 8.78 Å². The molecule has 2 heterocycles. The largest absolute Gasteiger partial charge is 0.480 e. The minimum absolute atomic E-state index is 0.0400. The number of hydrogen-bond donors (Lipinski definition) is 4. The molecule has 2 saturated heterocycles. The second-order valence-electron chi connectivity index (χ2n) is 11.3. The van der Waals surface area contributed by atoms with Crippen LogP contribution >= 0.6 is 0 Å². The summed E-state index contributed by atoms with van der Waals surface area (Å²) in [4.78, 5) is 40.3. The van der Waals surface area contributed by atoms with Gasteiger partial charge in [0.05, 0.1) is 17.7 Å². The number of nitrogens with one attached hydrogen (secondary N) is 3. The van der Waals surface area contributed by atoms with Gasteiger partial charge in [-0.15, -0.1) is 0 Å². The Balaban J connectivity index is 1.49. The first-order valence-electron chi connectivity index (χ1n) is 13.4. The molecule has 0 radical (unpaired) electrons. The third-order valence-electron chi connectivity index (χ3n) is 7.45. The Hall–Kier alpha value is -3.57. The van der Waals surface area contributed by atoms with E-state index >= 15 is 0 Å². The first kappa shape index (κ1) is 29.4. The van der Waals surface area contributed by atoms with E-state index in [9.17, 15) is 28.3 Å². The highest BCUT2D eigenvalue weighted by atomic mass is 19.1. The SMILES string of the molecule is Cc1cc(C(=O)N[C@H](C)C(=O)N2[C@H](c3cc(F)cc(F)c3)CC[C@@H]2C(C)(C)O)ccc1OC1CC(C)NNC1=O. The molecule has 2 aliphatic rings. The van der Waals surface area contributed by atoms with Crippen LogP contribution in [0.2, 0.25) is 0 Å². The van der Waals surface area contributed by atoms with Gasteiger partial charge in [0.15, 0.2) is 6.10 Å². The molecule has 0 saturated carbocycles. The molecule has 40 heavy (non-hydrogen) atoms. The molecule has 0 aromatic heterocycles. The highest BCUT2D eigenvalue weighted by molar-refractivity contribution is 5.98. The molecule has 0 aliphatic carbocycles. The summed E-state index contributed by atoms with van der Waals surface area (Å²) in [5.74, 6) is -2.31. The van der Waals surface area contributed by atoms with Crippen molar-refractivity contribution in [1.82, 2.24) is 21.1 Å². The minimum atomic E-state index is -1.28. The predicted molar refractivity (Wildman–Crippen MR) is 143 cm³/mol. The van der Waals surface area contributed by atoms with Crippen molar-refractivity contribution in [2.75, 3.05) is 0 Å². The molecule has 0 bridgehead atoms. The van der Waals surface area contributed by atoms with Crippen molar-refractivity contribution in [1.29, 1.82) is 0 Å². The Morgan fingerprint density at radius 3 is 2.45 bits per heavy atom. The number of rotatable bonds is 7. The summed E-state index contributed by atoms with van der Waals surface area (Å²) in [7, 11) is 0. The molecule has 2 unspecified atom stereocenters. The highest BCUT2D eigenvalue weighted by Crippen LogP contribution is 2.41. The topological polar surface area (TPSA) is 120 Å². The lowest BCUT2D eigenvalue weighted by Crippen LogP contribution is -2.56. The van der Waals surface area contributed by atoms with Crippen molar-refractivity contribution in [3.8, 4) is 5.75 Å². The number of carbonyl (C=O) groups excluding carboxylic acids is 3. The van der Waals surface area contributed by atoms with Gasteiger partial charge in [0, 0.05) is 24.1 Å². The highest BCUT2D eigenvalue weighted by Gasteiger charge is 2.46. The van der Waals surface area contributed by atoms with Gasteiger partial charge in [-0.05, 0) is 88.9 Å². The van der Waals surface area contributed by atoms with Gasteiger partial charge in [-0.2, -0.15) is 0 Å². The Kier molecular flexibility index (Phi) is 8.46. The molecule has 4 N–H and O–H groups in total. The van der Waals surface area contributed by atoms with Gasteiger partial charge in [-0.3, -0.25) is 19.8 Å².